The average molecular weight is 350 g/mol. The molecule has 25 heavy (non-hydrogen) atoms. The van der Waals surface area contributed by atoms with Crippen LogP contribution in [0.2, 0.25) is 0 Å². The molecule has 1 aliphatic heterocycles. The predicted molar refractivity (Wildman–Crippen MR) is 92.4 cm³/mol. The monoisotopic (exact) mass is 350 g/mol. The van der Waals surface area contributed by atoms with E-state index in [4.69, 9.17) is 4.74 Å². The van der Waals surface area contributed by atoms with Gasteiger partial charge in [0.05, 0.1) is 12.1 Å². The van der Waals surface area contributed by atoms with Crippen LogP contribution in [0.3, 0.4) is 0 Å². The fourth-order valence-corrected chi connectivity index (χ4v) is 3.15. The highest BCUT2D eigenvalue weighted by molar-refractivity contribution is 5.70. The molecule has 1 unspecified atom stereocenters. The fourth-order valence-electron chi connectivity index (χ4n) is 3.15. The molecule has 1 fully saturated rings. The maximum Gasteiger partial charge on any atom is 0.407 e. The number of nitrogens with zero attached hydrogens (tertiary/aromatic N) is 1. The molecule has 1 heterocycles. The Kier molecular flexibility index (Phi) is 5.89. The zero-order valence-corrected chi connectivity index (χ0v) is 14.8. The second kappa shape index (κ2) is 7.74. The molecule has 138 valence electrons. The lowest BCUT2D eigenvalue weighted by Gasteiger charge is -2.29. The third-order valence-corrected chi connectivity index (χ3v) is 4.21. The number of hydrogen-bond acceptors (Lipinski definition) is 4. The van der Waals surface area contributed by atoms with Gasteiger partial charge in [-0.25, -0.2) is 9.59 Å². The van der Waals surface area contributed by atoms with Crippen molar-refractivity contribution in [3.8, 4) is 0 Å². The number of carbonyl (C=O) groups is 2. The van der Waals surface area contributed by atoms with E-state index in [2.05, 4.69) is 5.32 Å². The molecule has 1 saturated heterocycles. The van der Waals surface area contributed by atoms with Crippen LogP contribution >= 0.6 is 0 Å². The topological polar surface area (TPSA) is 99.1 Å². The highest BCUT2D eigenvalue weighted by atomic mass is 16.6. The maximum atomic E-state index is 12.2. The molecule has 2 rings (SSSR count). The minimum absolute atomic E-state index is 0.170. The van der Waals surface area contributed by atoms with Crippen molar-refractivity contribution in [1.29, 1.82) is 0 Å². The van der Waals surface area contributed by atoms with E-state index >= 15 is 0 Å². The summed E-state index contributed by atoms with van der Waals surface area (Å²) in [5, 5.41) is 21.9. The number of likely N-dealkylation sites (tertiary alicyclic amines) is 1. The predicted octanol–water partition coefficient (Wildman–Crippen LogP) is 2.09. The van der Waals surface area contributed by atoms with Crippen molar-refractivity contribution >= 4 is 12.2 Å². The molecule has 7 nitrogen and oxygen atoms in total. The Morgan fingerprint density at radius 3 is 2.44 bits per heavy atom. The maximum absolute atomic E-state index is 12.2. The summed E-state index contributed by atoms with van der Waals surface area (Å²) in [6, 6.07) is 8.50. The molecule has 1 aromatic carbocycles. The highest BCUT2D eigenvalue weighted by Gasteiger charge is 2.45. The molecule has 0 spiro atoms. The van der Waals surface area contributed by atoms with Crippen LogP contribution in [0.15, 0.2) is 30.3 Å². The number of carbonyl (C=O) groups excluding carboxylic acids is 1. The molecule has 3 atom stereocenters. The Hall–Kier alpha value is -2.28. The van der Waals surface area contributed by atoms with Gasteiger partial charge in [0.15, 0.2) is 0 Å². The molecule has 0 radical (unpaired) electrons. The molecule has 0 saturated carbocycles. The van der Waals surface area contributed by atoms with Crippen LogP contribution in [0.25, 0.3) is 0 Å². The third kappa shape index (κ3) is 5.09. The number of alkyl carbamates (subject to hydrolysis) is 1. The standard InChI is InChI=1S/C18H26N2O5/c1-18(2,3)25-16(22)19-15-13(11-21)10-20(17(23)24)14(15)9-12-7-5-4-6-8-12/h4-8,13-15,21H,9-11H2,1-3H3,(H,19,22)(H,23,24)/t13-,14?,15+/m1/s1. The summed E-state index contributed by atoms with van der Waals surface area (Å²) in [5.74, 6) is -0.377. The van der Waals surface area contributed by atoms with Crippen LogP contribution in [0.1, 0.15) is 26.3 Å². The van der Waals surface area contributed by atoms with Crippen LogP contribution < -0.4 is 5.32 Å². The number of aliphatic hydroxyl groups excluding tert-OH is 1. The van der Waals surface area contributed by atoms with Crippen LogP contribution in [-0.4, -0.2) is 58.1 Å². The molecule has 0 aromatic heterocycles. The SMILES string of the molecule is CC(C)(C)OC(=O)N[C@@H]1C(Cc2ccccc2)N(C(=O)O)C[C@@H]1CO. The first-order valence-electron chi connectivity index (χ1n) is 8.35. The van der Waals surface area contributed by atoms with Crippen molar-refractivity contribution in [2.24, 2.45) is 5.92 Å². The van der Waals surface area contributed by atoms with E-state index in [1.807, 2.05) is 30.3 Å². The summed E-state index contributed by atoms with van der Waals surface area (Å²) in [6.07, 6.45) is -1.22. The molecule has 0 aliphatic carbocycles. The second-order valence-electron chi connectivity index (χ2n) is 7.31. The third-order valence-electron chi connectivity index (χ3n) is 4.21. The summed E-state index contributed by atoms with van der Waals surface area (Å²) in [5.41, 5.74) is 0.312. The number of carboxylic acid groups (broad SMARTS) is 1. The number of hydrogen-bond donors (Lipinski definition) is 3. The van der Waals surface area contributed by atoms with E-state index in [0.717, 1.165) is 5.56 Å². The van der Waals surface area contributed by atoms with E-state index in [1.165, 1.54) is 4.90 Å². The first-order chi connectivity index (χ1) is 11.7. The lowest BCUT2D eigenvalue weighted by Crippen LogP contribution is -2.50. The number of benzene rings is 1. The summed E-state index contributed by atoms with van der Waals surface area (Å²) >= 11 is 0. The normalized spacial score (nSPS) is 23.4. The van der Waals surface area contributed by atoms with E-state index in [1.54, 1.807) is 20.8 Å². The van der Waals surface area contributed by atoms with Gasteiger partial charge in [0.25, 0.3) is 0 Å². The molecular formula is C18H26N2O5. The van der Waals surface area contributed by atoms with Gasteiger partial charge in [-0.3, -0.25) is 0 Å². The van der Waals surface area contributed by atoms with Gasteiger partial charge in [-0.2, -0.15) is 0 Å². The van der Waals surface area contributed by atoms with Crippen LogP contribution in [0.5, 0.6) is 0 Å². The largest absolute Gasteiger partial charge is 0.465 e. The summed E-state index contributed by atoms with van der Waals surface area (Å²) in [6.45, 7) is 5.24. The summed E-state index contributed by atoms with van der Waals surface area (Å²) in [4.78, 5) is 25.1. The van der Waals surface area contributed by atoms with Gasteiger partial charge in [0.1, 0.15) is 5.60 Å². The van der Waals surface area contributed by atoms with Crippen LogP contribution in [0.4, 0.5) is 9.59 Å². The van der Waals surface area contributed by atoms with E-state index in [0.29, 0.717) is 6.42 Å². The minimum atomic E-state index is -1.06. The van der Waals surface area contributed by atoms with Gasteiger partial charge >= 0.3 is 12.2 Å². The quantitative estimate of drug-likeness (QED) is 0.772. The fraction of sp³-hybridized carbons (Fsp3) is 0.556. The first-order valence-corrected chi connectivity index (χ1v) is 8.35. The zero-order valence-electron chi connectivity index (χ0n) is 14.8. The van der Waals surface area contributed by atoms with Crippen molar-refractivity contribution < 1.29 is 24.5 Å². The molecule has 0 bridgehead atoms. The number of nitrogens with one attached hydrogen (secondary N) is 1. The van der Waals surface area contributed by atoms with Gasteiger partial charge in [-0.05, 0) is 32.8 Å². The van der Waals surface area contributed by atoms with E-state index < -0.39 is 29.9 Å². The second-order valence-corrected chi connectivity index (χ2v) is 7.31. The molecule has 2 amide bonds. The molecule has 7 heteroatoms. The van der Waals surface area contributed by atoms with Gasteiger partial charge in [0.2, 0.25) is 0 Å². The Morgan fingerprint density at radius 1 is 1.28 bits per heavy atom. The van der Waals surface area contributed by atoms with E-state index in [-0.39, 0.29) is 19.1 Å². The number of amides is 2. The van der Waals surface area contributed by atoms with Gasteiger partial charge in [0, 0.05) is 19.1 Å². The lowest BCUT2D eigenvalue weighted by molar-refractivity contribution is 0.0470. The smallest absolute Gasteiger partial charge is 0.407 e. The average Bonchev–Trinajstić information content (AvgIpc) is 2.84. The Labute approximate surface area is 147 Å². The Morgan fingerprint density at radius 2 is 1.92 bits per heavy atom. The summed E-state index contributed by atoms with van der Waals surface area (Å²) in [7, 11) is 0. The van der Waals surface area contributed by atoms with Crippen molar-refractivity contribution in [2.75, 3.05) is 13.2 Å². The molecule has 1 aromatic rings. The summed E-state index contributed by atoms with van der Waals surface area (Å²) < 4.78 is 5.29. The lowest BCUT2D eigenvalue weighted by atomic mass is 9.94. The van der Waals surface area contributed by atoms with Crippen LogP contribution in [-0.2, 0) is 11.2 Å². The van der Waals surface area contributed by atoms with Crippen molar-refractivity contribution in [2.45, 2.75) is 44.9 Å². The first kappa shape index (κ1) is 19.1. The number of aliphatic hydroxyl groups is 1. The van der Waals surface area contributed by atoms with E-state index in [9.17, 15) is 19.8 Å². The minimum Gasteiger partial charge on any atom is -0.465 e. The molecule has 1 aliphatic rings. The van der Waals surface area contributed by atoms with Gasteiger partial charge in [-0.1, -0.05) is 30.3 Å². The van der Waals surface area contributed by atoms with Gasteiger partial charge in [-0.15, -0.1) is 0 Å². The van der Waals surface area contributed by atoms with Gasteiger partial charge < -0.3 is 25.2 Å². The van der Waals surface area contributed by atoms with Crippen molar-refractivity contribution in [3.63, 3.8) is 0 Å². The highest BCUT2D eigenvalue weighted by Crippen LogP contribution is 2.27. The number of rotatable bonds is 4. The van der Waals surface area contributed by atoms with Crippen molar-refractivity contribution in [3.05, 3.63) is 35.9 Å². The van der Waals surface area contributed by atoms with Crippen LogP contribution in [0, 0.1) is 5.92 Å². The Bertz CT molecular complexity index is 599. The molecule has 3 N–H and O–H groups in total. The van der Waals surface area contributed by atoms with Crippen molar-refractivity contribution in [1.82, 2.24) is 10.2 Å². The molecular weight excluding hydrogens is 324 g/mol. The Balaban J connectivity index is 2.21. The number of ether oxygens (including phenoxy) is 1. The zero-order chi connectivity index (χ0) is 18.6.